The fourth-order valence-electron chi connectivity index (χ4n) is 2.97. The van der Waals surface area contributed by atoms with Crippen LogP contribution in [0.5, 0.6) is 0 Å². The van der Waals surface area contributed by atoms with Gasteiger partial charge in [0.05, 0.1) is 0 Å². The average molecular weight is 211 g/mol. The number of likely N-dealkylation sites (N-methyl/N-ethyl adjacent to an activating group) is 1. The molecule has 3 nitrogen and oxygen atoms in total. The third kappa shape index (κ3) is 2.52. The molecule has 0 spiro atoms. The van der Waals surface area contributed by atoms with Crippen molar-refractivity contribution in [3.8, 4) is 0 Å². The van der Waals surface area contributed by atoms with Crippen molar-refractivity contribution in [1.82, 2.24) is 9.80 Å². The van der Waals surface area contributed by atoms with Crippen LogP contribution in [0, 0.1) is 0 Å². The van der Waals surface area contributed by atoms with Gasteiger partial charge in [-0.15, -0.1) is 0 Å². The Labute approximate surface area is 93.6 Å². The number of hydrogen-bond acceptors (Lipinski definition) is 3. The zero-order valence-electron chi connectivity index (χ0n) is 10.2. The number of rotatable bonds is 1. The van der Waals surface area contributed by atoms with Crippen molar-refractivity contribution >= 4 is 0 Å². The van der Waals surface area contributed by atoms with Gasteiger partial charge in [0.1, 0.15) is 0 Å². The molecule has 0 aromatic carbocycles. The van der Waals surface area contributed by atoms with Crippen molar-refractivity contribution < 1.29 is 0 Å². The molecule has 0 aromatic heterocycles. The molecule has 0 radical (unpaired) electrons. The van der Waals surface area contributed by atoms with Crippen LogP contribution < -0.4 is 5.73 Å². The monoisotopic (exact) mass is 211 g/mol. The molecule has 0 amide bonds. The third-order valence-corrected chi connectivity index (χ3v) is 4.24. The van der Waals surface area contributed by atoms with Gasteiger partial charge in [-0.2, -0.15) is 0 Å². The van der Waals surface area contributed by atoms with Gasteiger partial charge in [0.25, 0.3) is 0 Å². The van der Waals surface area contributed by atoms with Gasteiger partial charge < -0.3 is 10.6 Å². The van der Waals surface area contributed by atoms with Crippen LogP contribution in [0.15, 0.2) is 0 Å². The van der Waals surface area contributed by atoms with E-state index < -0.39 is 0 Å². The van der Waals surface area contributed by atoms with Crippen molar-refractivity contribution in [2.75, 3.05) is 26.7 Å². The molecule has 88 valence electrons. The predicted octanol–water partition coefficient (Wildman–Crippen LogP) is 0.892. The summed E-state index contributed by atoms with van der Waals surface area (Å²) < 4.78 is 0. The van der Waals surface area contributed by atoms with Crippen molar-refractivity contribution in [2.24, 2.45) is 5.73 Å². The third-order valence-electron chi connectivity index (χ3n) is 4.24. The molecule has 3 atom stereocenters. The Hall–Kier alpha value is -0.120. The summed E-state index contributed by atoms with van der Waals surface area (Å²) in [5.74, 6) is 0. The van der Waals surface area contributed by atoms with Crippen molar-refractivity contribution in [3.63, 3.8) is 0 Å². The second-order valence-electron chi connectivity index (χ2n) is 5.34. The van der Waals surface area contributed by atoms with Gasteiger partial charge in [0, 0.05) is 37.8 Å². The Morgan fingerprint density at radius 2 is 1.87 bits per heavy atom. The highest BCUT2D eigenvalue weighted by molar-refractivity contribution is 4.89. The molecule has 1 aliphatic carbocycles. The highest BCUT2D eigenvalue weighted by Gasteiger charge is 2.31. The van der Waals surface area contributed by atoms with E-state index >= 15 is 0 Å². The molecular weight excluding hydrogens is 186 g/mol. The molecule has 1 saturated heterocycles. The molecule has 1 saturated carbocycles. The first kappa shape index (κ1) is 11.4. The van der Waals surface area contributed by atoms with Crippen LogP contribution >= 0.6 is 0 Å². The predicted molar refractivity (Wildman–Crippen MR) is 63.9 cm³/mol. The Morgan fingerprint density at radius 3 is 2.53 bits per heavy atom. The maximum Gasteiger partial charge on any atom is 0.0248 e. The quantitative estimate of drug-likeness (QED) is 0.699. The summed E-state index contributed by atoms with van der Waals surface area (Å²) in [6.45, 7) is 5.93. The second-order valence-corrected chi connectivity index (χ2v) is 5.34. The zero-order chi connectivity index (χ0) is 10.8. The number of nitrogens with zero attached hydrogens (tertiary/aromatic N) is 2. The van der Waals surface area contributed by atoms with Crippen LogP contribution in [0.3, 0.4) is 0 Å². The molecule has 0 bridgehead atoms. The fourth-order valence-corrected chi connectivity index (χ4v) is 2.97. The van der Waals surface area contributed by atoms with Crippen LogP contribution in [0.1, 0.15) is 32.6 Å². The van der Waals surface area contributed by atoms with E-state index in [4.69, 9.17) is 5.73 Å². The highest BCUT2D eigenvalue weighted by Crippen LogP contribution is 2.23. The standard InChI is InChI=1S/C12H25N3/c1-10-9-15(8-7-14(10)2)12-6-4-3-5-11(12)13/h10-12H,3-9,13H2,1-2H3. The number of piperazine rings is 1. The van der Waals surface area contributed by atoms with Gasteiger partial charge >= 0.3 is 0 Å². The molecule has 2 aliphatic rings. The minimum absolute atomic E-state index is 0.425. The molecule has 2 fully saturated rings. The van der Waals surface area contributed by atoms with Crippen LogP contribution in [0.4, 0.5) is 0 Å². The van der Waals surface area contributed by atoms with E-state index in [0.717, 1.165) is 0 Å². The first-order valence-corrected chi connectivity index (χ1v) is 6.38. The molecule has 2 rings (SSSR count). The molecule has 3 heteroatoms. The molecular formula is C12H25N3. The SMILES string of the molecule is CC1CN(C2CCCCC2N)CCN1C. The first-order chi connectivity index (χ1) is 7.18. The Balaban J connectivity index is 1.92. The van der Waals surface area contributed by atoms with E-state index in [1.165, 1.54) is 45.3 Å². The summed E-state index contributed by atoms with van der Waals surface area (Å²) in [6, 6.07) is 1.78. The lowest BCUT2D eigenvalue weighted by Gasteiger charge is -2.45. The summed E-state index contributed by atoms with van der Waals surface area (Å²) in [4.78, 5) is 5.08. The van der Waals surface area contributed by atoms with Crippen LogP contribution in [-0.4, -0.2) is 54.6 Å². The minimum Gasteiger partial charge on any atom is -0.326 e. The second kappa shape index (κ2) is 4.81. The lowest BCUT2D eigenvalue weighted by Crippen LogP contribution is -2.58. The minimum atomic E-state index is 0.425. The van der Waals surface area contributed by atoms with Crippen molar-refractivity contribution in [3.05, 3.63) is 0 Å². The number of nitrogens with two attached hydrogens (primary N) is 1. The summed E-state index contributed by atoms with van der Waals surface area (Å²) in [5.41, 5.74) is 6.23. The largest absolute Gasteiger partial charge is 0.326 e. The summed E-state index contributed by atoms with van der Waals surface area (Å²) in [7, 11) is 2.23. The van der Waals surface area contributed by atoms with E-state index in [1.807, 2.05) is 0 Å². The van der Waals surface area contributed by atoms with Gasteiger partial charge in [-0.3, -0.25) is 4.90 Å². The molecule has 1 heterocycles. The average Bonchev–Trinajstić information content (AvgIpc) is 2.23. The smallest absolute Gasteiger partial charge is 0.0248 e. The van der Waals surface area contributed by atoms with Crippen molar-refractivity contribution in [1.29, 1.82) is 0 Å². The van der Waals surface area contributed by atoms with E-state index in [0.29, 0.717) is 18.1 Å². The first-order valence-electron chi connectivity index (χ1n) is 6.38. The number of hydrogen-bond donors (Lipinski definition) is 1. The van der Waals surface area contributed by atoms with Crippen LogP contribution in [-0.2, 0) is 0 Å². The Bertz CT molecular complexity index is 207. The highest BCUT2D eigenvalue weighted by atomic mass is 15.3. The maximum absolute atomic E-state index is 6.23. The van der Waals surface area contributed by atoms with Gasteiger partial charge in [-0.1, -0.05) is 12.8 Å². The van der Waals surface area contributed by atoms with Gasteiger partial charge in [-0.25, -0.2) is 0 Å². The van der Waals surface area contributed by atoms with E-state index in [-0.39, 0.29) is 0 Å². The molecule has 1 aliphatic heterocycles. The van der Waals surface area contributed by atoms with E-state index in [9.17, 15) is 0 Å². The zero-order valence-corrected chi connectivity index (χ0v) is 10.2. The Morgan fingerprint density at radius 1 is 1.13 bits per heavy atom. The maximum atomic E-state index is 6.23. The van der Waals surface area contributed by atoms with E-state index in [2.05, 4.69) is 23.8 Å². The van der Waals surface area contributed by atoms with E-state index in [1.54, 1.807) is 0 Å². The molecule has 3 unspecified atom stereocenters. The lowest BCUT2D eigenvalue weighted by molar-refractivity contribution is 0.0495. The fraction of sp³-hybridized carbons (Fsp3) is 1.00. The normalized spacial score (nSPS) is 40.6. The van der Waals surface area contributed by atoms with Gasteiger partial charge in [0.15, 0.2) is 0 Å². The molecule has 15 heavy (non-hydrogen) atoms. The molecule has 2 N–H and O–H groups in total. The molecule has 0 aromatic rings. The van der Waals surface area contributed by atoms with Gasteiger partial charge in [0.2, 0.25) is 0 Å². The van der Waals surface area contributed by atoms with Crippen LogP contribution in [0.2, 0.25) is 0 Å². The van der Waals surface area contributed by atoms with Crippen LogP contribution in [0.25, 0.3) is 0 Å². The topological polar surface area (TPSA) is 32.5 Å². The van der Waals surface area contributed by atoms with Crippen molar-refractivity contribution in [2.45, 2.75) is 50.7 Å². The summed E-state index contributed by atoms with van der Waals surface area (Å²) >= 11 is 0. The van der Waals surface area contributed by atoms with Gasteiger partial charge in [-0.05, 0) is 26.8 Å². The summed E-state index contributed by atoms with van der Waals surface area (Å²) in [5, 5.41) is 0. The summed E-state index contributed by atoms with van der Waals surface area (Å²) in [6.07, 6.45) is 5.25. The Kier molecular flexibility index (Phi) is 3.65. The lowest BCUT2D eigenvalue weighted by atomic mass is 9.89.